The Balaban J connectivity index is 1.93. The molecule has 0 aliphatic carbocycles. The molecule has 5 rings (SSSR count). The van der Waals surface area contributed by atoms with Gasteiger partial charge in [0.2, 0.25) is 0 Å². The summed E-state index contributed by atoms with van der Waals surface area (Å²) in [6, 6.07) is 21.4. The van der Waals surface area contributed by atoms with Gasteiger partial charge in [-0.2, -0.15) is 0 Å². The minimum absolute atomic E-state index is 1.06. The SMILES string of the molecule is c1ccc2c(c1)nc(-c1cc3sccc3s1)c1ccccc12. The van der Waals surface area contributed by atoms with Crippen molar-refractivity contribution in [2.24, 2.45) is 0 Å². The van der Waals surface area contributed by atoms with Crippen LogP contribution in [0, 0.1) is 0 Å². The molecule has 3 aromatic heterocycles. The van der Waals surface area contributed by atoms with Crippen molar-refractivity contribution in [3.05, 3.63) is 66.0 Å². The van der Waals surface area contributed by atoms with E-state index in [0.29, 0.717) is 0 Å². The van der Waals surface area contributed by atoms with Crippen LogP contribution >= 0.6 is 22.7 Å². The Kier molecular flexibility index (Phi) is 2.60. The summed E-state index contributed by atoms with van der Waals surface area (Å²) in [5, 5.41) is 5.88. The van der Waals surface area contributed by atoms with Gasteiger partial charge in [0.1, 0.15) is 0 Å². The van der Waals surface area contributed by atoms with Crippen molar-refractivity contribution in [1.82, 2.24) is 4.98 Å². The molecule has 0 bridgehead atoms. The lowest BCUT2D eigenvalue weighted by Crippen LogP contribution is -1.87. The van der Waals surface area contributed by atoms with Gasteiger partial charge in [-0.15, -0.1) is 22.7 Å². The number of hydrogen-bond donors (Lipinski definition) is 0. The molecule has 0 N–H and O–H groups in total. The summed E-state index contributed by atoms with van der Waals surface area (Å²) in [5.41, 5.74) is 2.16. The predicted molar refractivity (Wildman–Crippen MR) is 97.9 cm³/mol. The van der Waals surface area contributed by atoms with Crippen LogP contribution in [-0.2, 0) is 0 Å². The quantitative estimate of drug-likeness (QED) is 0.329. The van der Waals surface area contributed by atoms with Gasteiger partial charge in [-0.3, -0.25) is 0 Å². The number of thiophene rings is 2. The molecule has 0 radical (unpaired) electrons. The highest BCUT2D eigenvalue weighted by atomic mass is 32.1. The molecule has 0 saturated carbocycles. The fourth-order valence-electron chi connectivity index (χ4n) is 2.97. The van der Waals surface area contributed by atoms with E-state index < -0.39 is 0 Å². The van der Waals surface area contributed by atoms with Crippen LogP contribution in [0.2, 0.25) is 0 Å². The van der Waals surface area contributed by atoms with Crippen LogP contribution < -0.4 is 0 Å². The highest BCUT2D eigenvalue weighted by Crippen LogP contribution is 2.39. The summed E-state index contributed by atoms with van der Waals surface area (Å²) in [5.74, 6) is 0. The lowest BCUT2D eigenvalue weighted by atomic mass is 10.0. The minimum atomic E-state index is 1.06. The van der Waals surface area contributed by atoms with Crippen molar-refractivity contribution in [3.8, 4) is 10.6 Å². The average Bonchev–Trinajstić information content (AvgIpc) is 3.16. The van der Waals surface area contributed by atoms with Crippen molar-refractivity contribution in [3.63, 3.8) is 0 Å². The third kappa shape index (κ3) is 1.73. The van der Waals surface area contributed by atoms with Gasteiger partial charge in [0.25, 0.3) is 0 Å². The normalized spacial score (nSPS) is 11.6. The van der Waals surface area contributed by atoms with Crippen molar-refractivity contribution in [2.45, 2.75) is 0 Å². The Morgan fingerprint density at radius 2 is 1.50 bits per heavy atom. The molecule has 2 aromatic carbocycles. The minimum Gasteiger partial charge on any atom is -0.246 e. The van der Waals surface area contributed by atoms with Gasteiger partial charge in [0, 0.05) is 20.2 Å². The molecule has 3 heteroatoms. The molecule has 3 heterocycles. The lowest BCUT2D eigenvalue weighted by Gasteiger charge is -2.08. The summed E-state index contributed by atoms with van der Waals surface area (Å²) in [6.07, 6.45) is 0. The van der Waals surface area contributed by atoms with Crippen LogP contribution in [0.4, 0.5) is 0 Å². The topological polar surface area (TPSA) is 12.9 Å². The zero-order valence-electron chi connectivity index (χ0n) is 11.6. The third-order valence-corrected chi connectivity index (χ3v) is 6.08. The van der Waals surface area contributed by atoms with E-state index in [-0.39, 0.29) is 0 Å². The molecule has 104 valence electrons. The van der Waals surface area contributed by atoms with Gasteiger partial charge in [-0.25, -0.2) is 4.98 Å². The van der Waals surface area contributed by atoms with E-state index in [1.54, 1.807) is 11.3 Å². The number of hydrogen-bond acceptors (Lipinski definition) is 3. The van der Waals surface area contributed by atoms with E-state index in [4.69, 9.17) is 4.98 Å². The van der Waals surface area contributed by atoms with Crippen molar-refractivity contribution < 1.29 is 0 Å². The molecule has 0 spiro atoms. The van der Waals surface area contributed by atoms with E-state index in [9.17, 15) is 0 Å². The zero-order valence-corrected chi connectivity index (χ0v) is 13.2. The van der Waals surface area contributed by atoms with Gasteiger partial charge in [-0.05, 0) is 29.0 Å². The first-order chi connectivity index (χ1) is 10.9. The standard InChI is InChI=1S/C19H11NS2/c1-2-7-14-12(5-1)13-6-3-4-8-15(13)20-19(14)18-11-17-16(22-18)9-10-21-17/h1-11H. The highest BCUT2D eigenvalue weighted by Gasteiger charge is 2.12. The number of rotatable bonds is 1. The van der Waals surface area contributed by atoms with E-state index in [1.807, 2.05) is 11.3 Å². The number of benzene rings is 2. The van der Waals surface area contributed by atoms with E-state index >= 15 is 0 Å². The van der Waals surface area contributed by atoms with Gasteiger partial charge >= 0.3 is 0 Å². The summed E-state index contributed by atoms with van der Waals surface area (Å²) in [7, 11) is 0. The number of nitrogens with zero attached hydrogens (tertiary/aromatic N) is 1. The Hall–Kier alpha value is -2.23. The van der Waals surface area contributed by atoms with Gasteiger partial charge in [0.05, 0.1) is 16.1 Å². The second-order valence-corrected chi connectivity index (χ2v) is 7.31. The maximum absolute atomic E-state index is 4.96. The molecule has 0 unspecified atom stereocenters. The molecule has 0 aliphatic heterocycles. The molecule has 0 saturated heterocycles. The van der Waals surface area contributed by atoms with Gasteiger partial charge in [0.15, 0.2) is 0 Å². The second-order valence-electron chi connectivity index (χ2n) is 5.28. The summed E-state index contributed by atoms with van der Waals surface area (Å²) >= 11 is 3.62. The fraction of sp³-hybridized carbons (Fsp3) is 0. The summed E-state index contributed by atoms with van der Waals surface area (Å²) < 4.78 is 2.69. The number of fused-ring (bicyclic) bond motifs is 4. The van der Waals surface area contributed by atoms with Crippen molar-refractivity contribution >= 4 is 53.7 Å². The molecule has 0 amide bonds. The number of aromatic nitrogens is 1. The van der Waals surface area contributed by atoms with E-state index in [1.165, 1.54) is 30.4 Å². The van der Waals surface area contributed by atoms with Crippen LogP contribution in [0.3, 0.4) is 0 Å². The molecular formula is C19H11NS2. The fourth-order valence-corrected chi connectivity index (χ4v) is 5.09. The Morgan fingerprint density at radius 3 is 2.36 bits per heavy atom. The maximum Gasteiger partial charge on any atom is 0.0888 e. The molecule has 0 fully saturated rings. The second kappa shape index (κ2) is 4.63. The lowest BCUT2D eigenvalue weighted by molar-refractivity contribution is 1.45. The molecule has 0 aliphatic rings. The van der Waals surface area contributed by atoms with Crippen LogP contribution in [0.5, 0.6) is 0 Å². The van der Waals surface area contributed by atoms with Gasteiger partial charge in [-0.1, -0.05) is 42.5 Å². The first-order valence-electron chi connectivity index (χ1n) is 7.15. The van der Waals surface area contributed by atoms with Gasteiger partial charge < -0.3 is 0 Å². The molecular weight excluding hydrogens is 306 g/mol. The Morgan fingerprint density at radius 1 is 0.727 bits per heavy atom. The molecule has 5 aromatic rings. The third-order valence-electron chi connectivity index (χ3n) is 3.98. The van der Waals surface area contributed by atoms with Crippen LogP contribution in [0.1, 0.15) is 0 Å². The molecule has 0 atom stereocenters. The van der Waals surface area contributed by atoms with E-state index in [2.05, 4.69) is 66.0 Å². The summed E-state index contributed by atoms with van der Waals surface area (Å²) in [4.78, 5) is 6.22. The van der Waals surface area contributed by atoms with Crippen molar-refractivity contribution in [1.29, 1.82) is 0 Å². The first-order valence-corrected chi connectivity index (χ1v) is 8.85. The van der Waals surface area contributed by atoms with Crippen molar-refractivity contribution in [2.75, 3.05) is 0 Å². The molecule has 1 nitrogen and oxygen atoms in total. The van der Waals surface area contributed by atoms with Crippen LogP contribution in [0.25, 0.3) is 41.6 Å². The summed E-state index contributed by atoms with van der Waals surface area (Å²) in [6.45, 7) is 0. The van der Waals surface area contributed by atoms with Crippen LogP contribution in [0.15, 0.2) is 66.0 Å². The zero-order chi connectivity index (χ0) is 14.5. The first kappa shape index (κ1) is 12.3. The van der Waals surface area contributed by atoms with E-state index in [0.717, 1.165) is 11.2 Å². The smallest absolute Gasteiger partial charge is 0.0888 e. The largest absolute Gasteiger partial charge is 0.246 e. The number of pyridine rings is 1. The predicted octanol–water partition coefficient (Wildman–Crippen LogP) is 6.33. The number of para-hydroxylation sites is 1. The van der Waals surface area contributed by atoms with Crippen LogP contribution in [-0.4, -0.2) is 4.98 Å². The monoisotopic (exact) mass is 317 g/mol. The average molecular weight is 317 g/mol. The highest BCUT2D eigenvalue weighted by molar-refractivity contribution is 7.28. The Labute approximate surface area is 135 Å². The Bertz CT molecular complexity index is 1110. The molecule has 22 heavy (non-hydrogen) atoms. The maximum atomic E-state index is 4.96.